The lowest BCUT2D eigenvalue weighted by Gasteiger charge is -2.38. The van der Waals surface area contributed by atoms with E-state index in [0.29, 0.717) is 5.92 Å². The van der Waals surface area contributed by atoms with E-state index in [2.05, 4.69) is 10.6 Å². The average molecular weight is 233 g/mol. The van der Waals surface area contributed by atoms with Crippen molar-refractivity contribution in [2.24, 2.45) is 17.8 Å². The molecule has 1 heterocycles. The van der Waals surface area contributed by atoms with Gasteiger partial charge in [-0.3, -0.25) is 4.79 Å². The van der Waals surface area contributed by atoms with Gasteiger partial charge in [-0.2, -0.15) is 0 Å². The first-order valence-electron chi connectivity index (χ1n) is 5.78. The van der Waals surface area contributed by atoms with Crippen molar-refractivity contribution in [1.82, 2.24) is 10.6 Å². The van der Waals surface area contributed by atoms with Crippen LogP contribution >= 0.6 is 12.4 Å². The van der Waals surface area contributed by atoms with Crippen LogP contribution in [-0.2, 0) is 4.79 Å². The molecule has 0 aromatic carbocycles. The molecule has 3 nitrogen and oxygen atoms in total. The minimum absolute atomic E-state index is 0. The molecule has 0 aromatic heterocycles. The zero-order valence-electron chi connectivity index (χ0n) is 9.29. The third-order valence-electron chi connectivity index (χ3n) is 3.49. The van der Waals surface area contributed by atoms with Crippen molar-refractivity contribution in [3.63, 3.8) is 0 Å². The van der Waals surface area contributed by atoms with Gasteiger partial charge in [-0.1, -0.05) is 0 Å². The maximum atomic E-state index is 11.7. The number of carbonyl (C=O) groups is 1. The molecule has 1 aliphatic heterocycles. The van der Waals surface area contributed by atoms with E-state index in [1.165, 1.54) is 6.42 Å². The van der Waals surface area contributed by atoms with Crippen LogP contribution in [0.2, 0.25) is 0 Å². The van der Waals surface area contributed by atoms with Crippen LogP contribution in [0.5, 0.6) is 0 Å². The van der Waals surface area contributed by atoms with Crippen molar-refractivity contribution in [2.75, 3.05) is 19.6 Å². The molecule has 2 rings (SSSR count). The molecule has 2 bridgehead atoms. The molecule has 1 amide bonds. The number of rotatable bonds is 2. The Kier molecular flexibility index (Phi) is 4.87. The summed E-state index contributed by atoms with van der Waals surface area (Å²) in [4.78, 5) is 11.7. The maximum Gasteiger partial charge on any atom is 0.223 e. The van der Waals surface area contributed by atoms with Crippen LogP contribution in [0, 0.1) is 17.8 Å². The summed E-state index contributed by atoms with van der Waals surface area (Å²) in [5.74, 6) is 2.06. The minimum atomic E-state index is 0. The van der Waals surface area contributed by atoms with Crippen LogP contribution in [0.3, 0.4) is 0 Å². The number of piperidine rings is 1. The van der Waals surface area contributed by atoms with Crippen LogP contribution in [-0.4, -0.2) is 25.5 Å². The number of hydrogen-bond acceptors (Lipinski definition) is 2. The third-order valence-corrected chi connectivity index (χ3v) is 3.49. The lowest BCUT2D eigenvalue weighted by Crippen LogP contribution is -2.45. The highest BCUT2D eigenvalue weighted by atomic mass is 35.5. The zero-order chi connectivity index (χ0) is 9.97. The fraction of sp³-hybridized carbons (Fsp3) is 0.909. The Balaban J connectivity index is 0.00000112. The van der Waals surface area contributed by atoms with Gasteiger partial charge in [-0.15, -0.1) is 12.4 Å². The van der Waals surface area contributed by atoms with Crippen molar-refractivity contribution in [3.8, 4) is 0 Å². The van der Waals surface area contributed by atoms with Crippen LogP contribution in [0.1, 0.15) is 26.2 Å². The summed E-state index contributed by atoms with van der Waals surface area (Å²) in [6.45, 7) is 4.99. The van der Waals surface area contributed by atoms with Gasteiger partial charge in [0.2, 0.25) is 5.91 Å². The van der Waals surface area contributed by atoms with E-state index >= 15 is 0 Å². The Morgan fingerprint density at radius 1 is 1.27 bits per heavy atom. The molecule has 0 aromatic rings. The lowest BCUT2D eigenvalue weighted by molar-refractivity contribution is -0.127. The van der Waals surface area contributed by atoms with E-state index < -0.39 is 0 Å². The molecule has 2 N–H and O–H groups in total. The highest BCUT2D eigenvalue weighted by molar-refractivity contribution is 5.85. The van der Waals surface area contributed by atoms with E-state index in [1.54, 1.807) is 0 Å². The lowest BCUT2D eigenvalue weighted by atomic mass is 9.73. The van der Waals surface area contributed by atoms with Crippen molar-refractivity contribution in [1.29, 1.82) is 0 Å². The van der Waals surface area contributed by atoms with Crippen molar-refractivity contribution < 1.29 is 4.79 Å². The Hall–Kier alpha value is -0.280. The highest BCUT2D eigenvalue weighted by Gasteiger charge is 2.34. The first kappa shape index (κ1) is 12.8. The normalized spacial score (nSPS) is 34.1. The summed E-state index contributed by atoms with van der Waals surface area (Å²) in [7, 11) is 0. The van der Waals surface area contributed by atoms with Crippen LogP contribution in [0.15, 0.2) is 0 Å². The van der Waals surface area contributed by atoms with Crippen molar-refractivity contribution in [2.45, 2.75) is 26.2 Å². The molecule has 4 heteroatoms. The average Bonchev–Trinajstić information content (AvgIpc) is 2.17. The van der Waals surface area contributed by atoms with Gasteiger partial charge in [0.15, 0.2) is 0 Å². The second-order valence-corrected chi connectivity index (χ2v) is 4.69. The fourth-order valence-electron chi connectivity index (χ4n) is 2.92. The first-order valence-corrected chi connectivity index (χ1v) is 5.78. The second-order valence-electron chi connectivity index (χ2n) is 4.69. The SMILES string of the molecule is CCNC(=O)C1CC2CNCC(C2)C1.Cl. The summed E-state index contributed by atoms with van der Waals surface area (Å²) < 4.78 is 0. The number of hydrogen-bond donors (Lipinski definition) is 2. The van der Waals surface area contributed by atoms with Crippen LogP contribution in [0.25, 0.3) is 0 Å². The quantitative estimate of drug-likeness (QED) is 0.751. The van der Waals surface area contributed by atoms with Gasteiger partial charge < -0.3 is 10.6 Å². The molecule has 0 spiro atoms. The monoisotopic (exact) mass is 232 g/mol. The predicted octanol–water partition coefficient (Wildman–Crippen LogP) is 1.18. The summed E-state index contributed by atoms with van der Waals surface area (Å²) in [6, 6.07) is 0. The van der Waals surface area contributed by atoms with Gasteiger partial charge in [-0.05, 0) is 51.1 Å². The summed E-state index contributed by atoms with van der Waals surface area (Å²) >= 11 is 0. The molecule has 2 fully saturated rings. The first-order chi connectivity index (χ1) is 6.79. The van der Waals surface area contributed by atoms with Gasteiger partial charge in [-0.25, -0.2) is 0 Å². The number of carbonyl (C=O) groups excluding carboxylic acids is 1. The molecular weight excluding hydrogens is 212 g/mol. The number of nitrogens with one attached hydrogen (secondary N) is 2. The molecule has 1 saturated carbocycles. The number of fused-ring (bicyclic) bond motifs is 2. The maximum absolute atomic E-state index is 11.7. The summed E-state index contributed by atoms with van der Waals surface area (Å²) in [6.07, 6.45) is 3.52. The molecule has 2 aliphatic rings. The topological polar surface area (TPSA) is 41.1 Å². The summed E-state index contributed by atoms with van der Waals surface area (Å²) in [5.41, 5.74) is 0. The van der Waals surface area contributed by atoms with E-state index in [9.17, 15) is 4.79 Å². The van der Waals surface area contributed by atoms with Gasteiger partial charge in [0.05, 0.1) is 0 Å². The highest BCUT2D eigenvalue weighted by Crippen LogP contribution is 2.35. The Morgan fingerprint density at radius 3 is 2.40 bits per heavy atom. The molecule has 15 heavy (non-hydrogen) atoms. The third kappa shape index (κ3) is 3.08. The largest absolute Gasteiger partial charge is 0.356 e. The van der Waals surface area contributed by atoms with Crippen LogP contribution < -0.4 is 10.6 Å². The van der Waals surface area contributed by atoms with E-state index in [-0.39, 0.29) is 18.3 Å². The van der Waals surface area contributed by atoms with Gasteiger partial charge >= 0.3 is 0 Å². The molecule has 1 aliphatic carbocycles. The van der Waals surface area contributed by atoms with Gasteiger partial charge in [0, 0.05) is 12.5 Å². The Morgan fingerprint density at radius 2 is 1.87 bits per heavy atom. The number of amides is 1. The fourth-order valence-corrected chi connectivity index (χ4v) is 2.92. The molecule has 2 atom stereocenters. The molecular formula is C11H21ClN2O. The van der Waals surface area contributed by atoms with Gasteiger partial charge in [0.25, 0.3) is 0 Å². The summed E-state index contributed by atoms with van der Waals surface area (Å²) in [5, 5.41) is 6.39. The second kappa shape index (κ2) is 5.71. The predicted molar refractivity (Wildman–Crippen MR) is 63.1 cm³/mol. The van der Waals surface area contributed by atoms with E-state index in [4.69, 9.17) is 0 Å². The van der Waals surface area contributed by atoms with E-state index in [1.807, 2.05) is 6.92 Å². The molecule has 2 unspecified atom stereocenters. The van der Waals surface area contributed by atoms with E-state index in [0.717, 1.165) is 44.3 Å². The molecule has 1 saturated heterocycles. The van der Waals surface area contributed by atoms with Crippen molar-refractivity contribution >= 4 is 18.3 Å². The Bertz CT molecular complexity index is 211. The van der Waals surface area contributed by atoms with Crippen LogP contribution in [0.4, 0.5) is 0 Å². The standard InChI is InChI=1S/C11H20N2O.ClH/c1-2-13-11(14)10-4-8-3-9(5-10)7-12-6-8;/h8-10,12H,2-7H2,1H3,(H,13,14);1H. The van der Waals surface area contributed by atoms with Crippen molar-refractivity contribution in [3.05, 3.63) is 0 Å². The molecule has 88 valence electrons. The zero-order valence-corrected chi connectivity index (χ0v) is 10.1. The van der Waals surface area contributed by atoms with Gasteiger partial charge in [0.1, 0.15) is 0 Å². The smallest absolute Gasteiger partial charge is 0.223 e. The minimum Gasteiger partial charge on any atom is -0.356 e. The number of halogens is 1. The molecule has 0 radical (unpaired) electrons. The Labute approximate surface area is 97.8 Å².